The van der Waals surface area contributed by atoms with E-state index in [-0.39, 0.29) is 17.6 Å². The number of carbonyl (C=O) groups is 1. The fraction of sp³-hybridized carbons (Fsp3) is 0.462. The van der Waals surface area contributed by atoms with E-state index < -0.39 is 4.92 Å². The highest BCUT2D eigenvalue weighted by molar-refractivity contribution is 5.95. The molecule has 1 saturated heterocycles. The van der Waals surface area contributed by atoms with Crippen molar-refractivity contribution in [3.8, 4) is 0 Å². The second kappa shape index (κ2) is 5.79. The molecule has 2 rings (SSSR count). The van der Waals surface area contributed by atoms with Crippen molar-refractivity contribution in [2.45, 2.75) is 19.4 Å². The van der Waals surface area contributed by atoms with Crippen LogP contribution in [0.15, 0.2) is 24.3 Å². The maximum Gasteiger partial charge on any atom is 0.270 e. The van der Waals surface area contributed by atoms with E-state index in [2.05, 4.69) is 17.6 Å². The molecule has 0 aliphatic carbocycles. The summed E-state index contributed by atoms with van der Waals surface area (Å²) in [5.41, 5.74) is 0.259. The van der Waals surface area contributed by atoms with Crippen LogP contribution in [0.5, 0.6) is 0 Å². The molecule has 1 heterocycles. The van der Waals surface area contributed by atoms with E-state index in [1.54, 1.807) is 6.07 Å². The van der Waals surface area contributed by atoms with Crippen LogP contribution in [0, 0.1) is 16.0 Å². The Morgan fingerprint density at radius 1 is 1.53 bits per heavy atom. The van der Waals surface area contributed by atoms with Gasteiger partial charge in [0.05, 0.1) is 4.92 Å². The van der Waals surface area contributed by atoms with E-state index in [4.69, 9.17) is 0 Å². The molecule has 1 amide bonds. The molecule has 0 radical (unpaired) electrons. The van der Waals surface area contributed by atoms with Gasteiger partial charge in [-0.1, -0.05) is 13.0 Å². The molecule has 0 aromatic heterocycles. The van der Waals surface area contributed by atoms with Gasteiger partial charge in [0.25, 0.3) is 11.6 Å². The van der Waals surface area contributed by atoms with Gasteiger partial charge >= 0.3 is 0 Å². The number of nitro benzene ring substituents is 1. The van der Waals surface area contributed by atoms with E-state index in [1.807, 2.05) is 0 Å². The van der Waals surface area contributed by atoms with E-state index >= 15 is 0 Å². The number of amides is 1. The average molecular weight is 263 g/mol. The number of non-ortho nitro benzene ring substituents is 1. The van der Waals surface area contributed by atoms with Crippen LogP contribution in [0.25, 0.3) is 0 Å². The van der Waals surface area contributed by atoms with Crippen molar-refractivity contribution in [2.24, 2.45) is 5.92 Å². The van der Waals surface area contributed by atoms with Crippen LogP contribution in [0.2, 0.25) is 0 Å². The Hall–Kier alpha value is -1.95. The fourth-order valence-electron chi connectivity index (χ4n) is 2.20. The van der Waals surface area contributed by atoms with Crippen LogP contribution in [-0.4, -0.2) is 30.0 Å². The van der Waals surface area contributed by atoms with E-state index in [1.165, 1.54) is 18.2 Å². The highest BCUT2D eigenvalue weighted by Gasteiger charge is 2.23. The van der Waals surface area contributed by atoms with Crippen molar-refractivity contribution in [3.05, 3.63) is 39.9 Å². The Bertz CT molecular complexity index is 490. The average Bonchev–Trinajstić information content (AvgIpc) is 2.41. The number of piperidine rings is 1. The molecule has 1 aliphatic heterocycles. The summed E-state index contributed by atoms with van der Waals surface area (Å²) in [6, 6.07) is 5.86. The van der Waals surface area contributed by atoms with Gasteiger partial charge < -0.3 is 10.6 Å². The summed E-state index contributed by atoms with van der Waals surface area (Å²) in [5.74, 6) is 0.146. The predicted octanol–water partition coefficient (Wildman–Crippen LogP) is 1.32. The lowest BCUT2D eigenvalue weighted by Crippen LogP contribution is -2.50. The minimum absolute atomic E-state index is 0.0672. The third-order valence-electron chi connectivity index (χ3n) is 3.46. The van der Waals surface area contributed by atoms with Crippen LogP contribution in [0.1, 0.15) is 23.7 Å². The lowest BCUT2D eigenvalue weighted by atomic mass is 9.94. The van der Waals surface area contributed by atoms with Crippen LogP contribution in [0.3, 0.4) is 0 Å². The summed E-state index contributed by atoms with van der Waals surface area (Å²) >= 11 is 0. The number of rotatable bonds is 3. The molecule has 0 bridgehead atoms. The van der Waals surface area contributed by atoms with Gasteiger partial charge in [-0.3, -0.25) is 14.9 Å². The second-order valence-corrected chi connectivity index (χ2v) is 4.86. The molecule has 1 aromatic carbocycles. The van der Waals surface area contributed by atoms with Gasteiger partial charge in [0.15, 0.2) is 0 Å². The van der Waals surface area contributed by atoms with Crippen LogP contribution >= 0.6 is 0 Å². The number of nitrogens with one attached hydrogen (secondary N) is 2. The normalized spacial score (nSPS) is 22.8. The standard InChI is InChI=1S/C13H17N3O3/c1-9-5-6-14-8-12(9)15-13(17)10-3-2-4-11(7-10)16(18)19/h2-4,7,9,12,14H,5-6,8H2,1H3,(H,15,17). The van der Waals surface area contributed by atoms with Crippen LogP contribution in [0.4, 0.5) is 5.69 Å². The molecule has 0 spiro atoms. The van der Waals surface area contributed by atoms with Gasteiger partial charge in [-0.25, -0.2) is 0 Å². The minimum Gasteiger partial charge on any atom is -0.348 e. The summed E-state index contributed by atoms with van der Waals surface area (Å²) in [4.78, 5) is 22.3. The van der Waals surface area contributed by atoms with Gasteiger partial charge in [0.1, 0.15) is 0 Å². The zero-order valence-electron chi connectivity index (χ0n) is 10.8. The van der Waals surface area contributed by atoms with E-state index in [9.17, 15) is 14.9 Å². The first-order valence-corrected chi connectivity index (χ1v) is 6.34. The molecule has 2 N–H and O–H groups in total. The quantitative estimate of drug-likeness (QED) is 0.636. The van der Waals surface area contributed by atoms with Gasteiger partial charge in [0, 0.05) is 30.3 Å². The Morgan fingerprint density at radius 2 is 2.32 bits per heavy atom. The Morgan fingerprint density at radius 3 is 3.00 bits per heavy atom. The van der Waals surface area contributed by atoms with E-state index in [0.29, 0.717) is 11.5 Å². The topological polar surface area (TPSA) is 84.3 Å². The minimum atomic E-state index is -0.498. The third kappa shape index (κ3) is 3.29. The van der Waals surface area contributed by atoms with E-state index in [0.717, 1.165) is 19.5 Å². The molecule has 2 atom stereocenters. The first-order valence-electron chi connectivity index (χ1n) is 6.34. The van der Waals surface area contributed by atoms with Crippen LogP contribution < -0.4 is 10.6 Å². The summed E-state index contributed by atoms with van der Waals surface area (Å²) < 4.78 is 0. The SMILES string of the molecule is CC1CCNCC1NC(=O)c1cccc([N+](=O)[O-])c1. The first kappa shape index (κ1) is 13.5. The van der Waals surface area contributed by atoms with Crippen LogP contribution in [-0.2, 0) is 0 Å². The smallest absolute Gasteiger partial charge is 0.270 e. The first-order chi connectivity index (χ1) is 9.08. The monoisotopic (exact) mass is 263 g/mol. The van der Waals surface area contributed by atoms with Gasteiger partial charge in [-0.15, -0.1) is 0 Å². The molecular formula is C13H17N3O3. The number of hydrogen-bond donors (Lipinski definition) is 2. The zero-order valence-corrected chi connectivity index (χ0v) is 10.8. The largest absolute Gasteiger partial charge is 0.348 e. The summed E-state index contributed by atoms with van der Waals surface area (Å²) in [7, 11) is 0. The molecule has 19 heavy (non-hydrogen) atoms. The molecule has 0 saturated carbocycles. The number of hydrogen-bond acceptors (Lipinski definition) is 4. The number of carbonyl (C=O) groups excluding carboxylic acids is 1. The van der Waals surface area contributed by atoms with Crippen molar-refractivity contribution in [1.29, 1.82) is 0 Å². The van der Waals surface area contributed by atoms with Crippen molar-refractivity contribution in [1.82, 2.24) is 10.6 Å². The summed E-state index contributed by atoms with van der Waals surface area (Å²) in [5, 5.41) is 16.8. The summed E-state index contributed by atoms with van der Waals surface area (Å²) in [6.45, 7) is 3.80. The highest BCUT2D eigenvalue weighted by atomic mass is 16.6. The summed E-state index contributed by atoms with van der Waals surface area (Å²) in [6.07, 6.45) is 1.01. The molecule has 6 nitrogen and oxygen atoms in total. The van der Waals surface area contributed by atoms with Gasteiger partial charge in [0.2, 0.25) is 0 Å². The van der Waals surface area contributed by atoms with Crippen molar-refractivity contribution < 1.29 is 9.72 Å². The second-order valence-electron chi connectivity index (χ2n) is 4.86. The molecule has 102 valence electrons. The third-order valence-corrected chi connectivity index (χ3v) is 3.46. The maximum absolute atomic E-state index is 12.1. The van der Waals surface area contributed by atoms with Gasteiger partial charge in [-0.2, -0.15) is 0 Å². The van der Waals surface area contributed by atoms with Gasteiger partial charge in [-0.05, 0) is 24.9 Å². The fourth-order valence-corrected chi connectivity index (χ4v) is 2.20. The molecular weight excluding hydrogens is 246 g/mol. The maximum atomic E-state index is 12.1. The van der Waals surface area contributed by atoms with Crippen molar-refractivity contribution in [2.75, 3.05) is 13.1 Å². The Kier molecular flexibility index (Phi) is 4.11. The molecule has 6 heteroatoms. The lowest BCUT2D eigenvalue weighted by molar-refractivity contribution is -0.384. The highest BCUT2D eigenvalue weighted by Crippen LogP contribution is 2.15. The zero-order chi connectivity index (χ0) is 13.8. The molecule has 1 aromatic rings. The predicted molar refractivity (Wildman–Crippen MR) is 71.0 cm³/mol. The Balaban J connectivity index is 2.07. The number of nitro groups is 1. The van der Waals surface area contributed by atoms with Crippen molar-refractivity contribution >= 4 is 11.6 Å². The van der Waals surface area contributed by atoms with Crippen molar-refractivity contribution in [3.63, 3.8) is 0 Å². The molecule has 1 fully saturated rings. The Labute approximate surface area is 111 Å². The molecule has 2 unspecified atom stereocenters. The number of nitrogens with zero attached hydrogens (tertiary/aromatic N) is 1. The number of benzene rings is 1. The lowest BCUT2D eigenvalue weighted by Gasteiger charge is -2.30. The molecule has 1 aliphatic rings.